The van der Waals surface area contributed by atoms with Crippen molar-refractivity contribution in [1.29, 1.82) is 0 Å². The van der Waals surface area contributed by atoms with Gasteiger partial charge in [-0.05, 0) is 37.1 Å². The van der Waals surface area contributed by atoms with Crippen molar-refractivity contribution in [2.45, 2.75) is 13.8 Å². The highest BCUT2D eigenvalue weighted by Gasteiger charge is 2.17. The van der Waals surface area contributed by atoms with Crippen molar-refractivity contribution in [3.8, 4) is 11.3 Å². The van der Waals surface area contributed by atoms with Gasteiger partial charge in [-0.25, -0.2) is 4.98 Å². The predicted molar refractivity (Wildman–Crippen MR) is 90.6 cm³/mol. The molecule has 0 saturated carbocycles. The van der Waals surface area contributed by atoms with Crippen LogP contribution in [0.4, 0.5) is 5.82 Å². The summed E-state index contributed by atoms with van der Waals surface area (Å²) < 4.78 is 6.80. The first-order valence-electron chi connectivity index (χ1n) is 7.43. The maximum atomic E-state index is 12.0. The van der Waals surface area contributed by atoms with Gasteiger partial charge in [0.15, 0.2) is 0 Å². The molecule has 1 N–H and O–H groups in total. The molecule has 2 heterocycles. The summed E-state index contributed by atoms with van der Waals surface area (Å²) in [4.78, 5) is 16.7. The van der Waals surface area contributed by atoms with E-state index in [1.54, 1.807) is 0 Å². The van der Waals surface area contributed by atoms with Gasteiger partial charge in [0.25, 0.3) is 5.91 Å². The number of rotatable bonds is 4. The molecular weight excluding hydrogens is 290 g/mol. The number of anilines is 1. The number of hydrogen-bond donors (Lipinski definition) is 1. The number of aryl methyl sites for hydroxylation is 2. The van der Waals surface area contributed by atoms with Crippen LogP contribution in [0.2, 0.25) is 0 Å². The minimum atomic E-state index is -0.204. The maximum Gasteiger partial charge on any atom is 0.251 e. The highest BCUT2D eigenvalue weighted by molar-refractivity contribution is 5.95. The van der Waals surface area contributed by atoms with Gasteiger partial charge in [0, 0.05) is 18.9 Å². The van der Waals surface area contributed by atoms with Gasteiger partial charge in [-0.15, -0.1) is 0 Å². The Kier molecular flexibility index (Phi) is 4.12. The highest BCUT2D eigenvalue weighted by Crippen LogP contribution is 2.31. The van der Waals surface area contributed by atoms with Crippen LogP contribution in [-0.4, -0.2) is 29.0 Å². The van der Waals surface area contributed by atoms with E-state index in [9.17, 15) is 4.79 Å². The molecule has 23 heavy (non-hydrogen) atoms. The number of amides is 1. The molecule has 0 bridgehead atoms. The molecule has 0 aliphatic carbocycles. The van der Waals surface area contributed by atoms with Crippen molar-refractivity contribution >= 4 is 17.4 Å². The second-order valence-electron chi connectivity index (χ2n) is 5.54. The number of pyridine rings is 1. The van der Waals surface area contributed by atoms with Crippen LogP contribution in [0.3, 0.4) is 0 Å². The molecule has 1 amide bonds. The second-order valence-corrected chi connectivity index (χ2v) is 5.54. The minimum Gasteiger partial charge on any atom is -0.375 e. The number of methoxy groups -OCH3 is 1. The Hall–Kier alpha value is -2.66. The fraction of sp³-hybridized carbons (Fsp3) is 0.222. The number of carbonyl (C=O) groups is 1. The molecule has 0 aliphatic rings. The van der Waals surface area contributed by atoms with Crippen LogP contribution in [0.25, 0.3) is 16.9 Å². The number of hydrogen-bond acceptors (Lipinski definition) is 3. The van der Waals surface area contributed by atoms with Crippen LogP contribution in [0.5, 0.6) is 0 Å². The number of ether oxygens (including phenoxy) is 1. The Balaban J connectivity index is 2.19. The third-order valence-electron chi connectivity index (χ3n) is 3.72. The number of nitrogens with one attached hydrogen (secondary N) is 1. The third-order valence-corrected chi connectivity index (χ3v) is 3.72. The second kappa shape index (κ2) is 6.22. The van der Waals surface area contributed by atoms with Crippen molar-refractivity contribution in [2.75, 3.05) is 19.0 Å². The molecule has 0 saturated heterocycles. The van der Waals surface area contributed by atoms with E-state index >= 15 is 0 Å². The summed E-state index contributed by atoms with van der Waals surface area (Å²) >= 11 is 0. The molecule has 118 valence electrons. The largest absolute Gasteiger partial charge is 0.375 e. The summed E-state index contributed by atoms with van der Waals surface area (Å²) in [5.74, 6) is 0.459. The van der Waals surface area contributed by atoms with Gasteiger partial charge in [-0.2, -0.15) is 0 Å². The van der Waals surface area contributed by atoms with Gasteiger partial charge in [-0.3, -0.25) is 9.20 Å². The summed E-state index contributed by atoms with van der Waals surface area (Å²) in [6, 6.07) is 12.0. The highest BCUT2D eigenvalue weighted by atomic mass is 16.5. The molecule has 5 nitrogen and oxygen atoms in total. The van der Waals surface area contributed by atoms with Crippen LogP contribution >= 0.6 is 0 Å². The Morgan fingerprint density at radius 3 is 2.78 bits per heavy atom. The lowest BCUT2D eigenvalue weighted by Crippen LogP contribution is -2.18. The van der Waals surface area contributed by atoms with Gasteiger partial charge < -0.3 is 10.1 Å². The first-order valence-corrected chi connectivity index (χ1v) is 7.43. The van der Waals surface area contributed by atoms with Crippen LogP contribution in [0.1, 0.15) is 11.1 Å². The fourth-order valence-electron chi connectivity index (χ4n) is 2.59. The van der Waals surface area contributed by atoms with E-state index < -0.39 is 0 Å². The lowest BCUT2D eigenvalue weighted by molar-refractivity contribution is -0.119. The lowest BCUT2D eigenvalue weighted by atomic mass is 10.1. The third kappa shape index (κ3) is 2.96. The molecule has 5 heteroatoms. The maximum absolute atomic E-state index is 12.0. The summed E-state index contributed by atoms with van der Waals surface area (Å²) in [6.45, 7) is 4.06. The summed E-state index contributed by atoms with van der Waals surface area (Å²) in [5, 5.41) is 2.92. The van der Waals surface area contributed by atoms with E-state index in [0.29, 0.717) is 5.82 Å². The van der Waals surface area contributed by atoms with Gasteiger partial charge in [0.05, 0.1) is 0 Å². The van der Waals surface area contributed by atoms with Gasteiger partial charge in [0.2, 0.25) is 0 Å². The van der Waals surface area contributed by atoms with Crippen LogP contribution in [0.15, 0.2) is 42.6 Å². The topological polar surface area (TPSA) is 55.6 Å². The standard InChI is InChI=1S/C18H19N3O2/c1-12-8-9-21-15(10-12)19-17(14-7-5-4-6-13(14)2)18(21)20-16(22)11-23-3/h4-10H,11H2,1-3H3,(H,20,22). The van der Waals surface area contributed by atoms with E-state index in [0.717, 1.165) is 28.0 Å². The number of fused-ring (bicyclic) bond motifs is 1. The zero-order chi connectivity index (χ0) is 16.4. The Morgan fingerprint density at radius 1 is 1.26 bits per heavy atom. The minimum absolute atomic E-state index is 0.00626. The first-order chi connectivity index (χ1) is 11.1. The Morgan fingerprint density at radius 2 is 2.04 bits per heavy atom. The van der Waals surface area contributed by atoms with Crippen molar-refractivity contribution < 1.29 is 9.53 Å². The van der Waals surface area contributed by atoms with Gasteiger partial charge in [0.1, 0.15) is 23.8 Å². The van der Waals surface area contributed by atoms with Crippen molar-refractivity contribution in [2.24, 2.45) is 0 Å². The molecule has 1 aromatic carbocycles. The average molecular weight is 309 g/mol. The van der Waals surface area contributed by atoms with Crippen LogP contribution in [-0.2, 0) is 9.53 Å². The van der Waals surface area contributed by atoms with E-state index in [4.69, 9.17) is 9.72 Å². The lowest BCUT2D eigenvalue weighted by Gasteiger charge is -2.09. The number of imidazole rings is 1. The molecule has 3 rings (SSSR count). The molecule has 3 aromatic rings. The van der Waals surface area contributed by atoms with Crippen LogP contribution in [0, 0.1) is 13.8 Å². The number of benzene rings is 1. The predicted octanol–water partition coefficient (Wildman–Crippen LogP) is 3.20. The van der Waals surface area contributed by atoms with Crippen molar-refractivity contribution in [3.63, 3.8) is 0 Å². The van der Waals surface area contributed by atoms with Crippen LogP contribution < -0.4 is 5.32 Å². The Bertz CT molecular complexity index is 868. The quantitative estimate of drug-likeness (QED) is 0.805. The molecule has 0 atom stereocenters. The molecule has 0 unspecified atom stereocenters. The first kappa shape index (κ1) is 15.2. The smallest absolute Gasteiger partial charge is 0.251 e. The van der Waals surface area contributed by atoms with E-state index in [1.807, 2.05) is 60.8 Å². The average Bonchev–Trinajstić information content (AvgIpc) is 2.85. The molecular formula is C18H19N3O2. The zero-order valence-electron chi connectivity index (χ0n) is 13.5. The van der Waals surface area contributed by atoms with E-state index in [-0.39, 0.29) is 12.5 Å². The summed E-state index contributed by atoms with van der Waals surface area (Å²) in [6.07, 6.45) is 1.92. The molecule has 2 aromatic heterocycles. The summed E-state index contributed by atoms with van der Waals surface area (Å²) in [7, 11) is 1.50. The van der Waals surface area contributed by atoms with E-state index in [2.05, 4.69) is 5.32 Å². The molecule has 0 fully saturated rings. The fourth-order valence-corrected chi connectivity index (χ4v) is 2.59. The van der Waals surface area contributed by atoms with Gasteiger partial charge >= 0.3 is 0 Å². The van der Waals surface area contributed by atoms with Crippen molar-refractivity contribution in [1.82, 2.24) is 9.38 Å². The Labute approximate surface area is 134 Å². The molecule has 0 aliphatic heterocycles. The van der Waals surface area contributed by atoms with E-state index in [1.165, 1.54) is 7.11 Å². The normalized spacial score (nSPS) is 10.9. The molecule has 0 radical (unpaired) electrons. The monoisotopic (exact) mass is 309 g/mol. The van der Waals surface area contributed by atoms with Crippen molar-refractivity contribution in [3.05, 3.63) is 53.7 Å². The molecule has 0 spiro atoms. The number of nitrogens with zero attached hydrogens (tertiary/aromatic N) is 2. The number of carbonyl (C=O) groups excluding carboxylic acids is 1. The number of aromatic nitrogens is 2. The zero-order valence-corrected chi connectivity index (χ0v) is 13.5. The summed E-state index contributed by atoms with van der Waals surface area (Å²) in [5.41, 5.74) is 4.79. The SMILES string of the molecule is COCC(=O)Nc1c(-c2ccccc2C)nc2cc(C)ccn12. The van der Waals surface area contributed by atoms with Gasteiger partial charge in [-0.1, -0.05) is 24.3 Å².